The lowest BCUT2D eigenvalue weighted by molar-refractivity contribution is 0.132. The Kier molecular flexibility index (Phi) is 2.27. The Morgan fingerprint density at radius 2 is 1.69 bits per heavy atom. The molecule has 0 saturated carbocycles. The maximum atomic E-state index is 3.44. The van der Waals surface area contributed by atoms with Crippen LogP contribution in [0.1, 0.15) is 19.3 Å². The van der Waals surface area contributed by atoms with Crippen molar-refractivity contribution in [3.63, 3.8) is 0 Å². The Labute approximate surface area is 84.4 Å². The molecule has 74 valence electrons. The number of rotatable bonds is 1. The summed E-state index contributed by atoms with van der Waals surface area (Å²) in [6.45, 7) is 5.24. The maximum absolute atomic E-state index is 3.44. The van der Waals surface area contributed by atoms with Crippen LogP contribution in [0.2, 0.25) is 0 Å². The summed E-state index contributed by atoms with van der Waals surface area (Å²) >= 11 is 2.23. The molecule has 4 aliphatic rings. The van der Waals surface area contributed by atoms with E-state index in [1.165, 1.54) is 45.4 Å². The van der Waals surface area contributed by atoms with Crippen molar-refractivity contribution in [3.8, 4) is 0 Å². The van der Waals surface area contributed by atoms with Crippen LogP contribution in [0.4, 0.5) is 0 Å². The van der Waals surface area contributed by atoms with Crippen LogP contribution < -0.4 is 5.32 Å². The van der Waals surface area contributed by atoms with E-state index in [2.05, 4.69) is 22.0 Å². The van der Waals surface area contributed by atoms with Crippen molar-refractivity contribution in [2.24, 2.45) is 0 Å². The van der Waals surface area contributed by atoms with Gasteiger partial charge in [-0.3, -0.25) is 4.90 Å². The fourth-order valence-electron chi connectivity index (χ4n) is 2.86. The second kappa shape index (κ2) is 3.44. The third-order valence-corrected chi connectivity index (χ3v) is 5.06. The maximum Gasteiger partial charge on any atom is 0.0189 e. The Balaban J connectivity index is 1.58. The molecule has 1 N–H and O–H groups in total. The minimum Gasteiger partial charge on any atom is -0.317 e. The van der Waals surface area contributed by atoms with Crippen molar-refractivity contribution in [2.75, 3.05) is 26.2 Å². The molecule has 4 aliphatic heterocycles. The van der Waals surface area contributed by atoms with Gasteiger partial charge in [0.1, 0.15) is 0 Å². The summed E-state index contributed by atoms with van der Waals surface area (Å²) in [6, 6.07) is 0.910. The van der Waals surface area contributed by atoms with E-state index in [1.54, 1.807) is 0 Å². The molecule has 0 aromatic carbocycles. The molecule has 4 heterocycles. The molecule has 4 saturated heterocycles. The van der Waals surface area contributed by atoms with Crippen molar-refractivity contribution in [1.29, 1.82) is 0 Å². The number of nitrogens with zero attached hydrogens (tertiary/aromatic N) is 1. The summed E-state index contributed by atoms with van der Waals surface area (Å²) in [6.07, 6.45) is 4.26. The lowest BCUT2D eigenvalue weighted by Gasteiger charge is -2.50. The molecule has 4 rings (SSSR count). The van der Waals surface area contributed by atoms with Gasteiger partial charge >= 0.3 is 0 Å². The van der Waals surface area contributed by atoms with E-state index in [4.69, 9.17) is 0 Å². The standard InChI is InChI=1S/C10H18N2S/c1-3-11-4-2-8(1)12-6-9-5-10(7-12)13-9/h8-11H,1-7H2. The lowest BCUT2D eigenvalue weighted by atomic mass is 10.00. The zero-order valence-electron chi connectivity index (χ0n) is 8.04. The van der Waals surface area contributed by atoms with Gasteiger partial charge in [0, 0.05) is 29.6 Å². The van der Waals surface area contributed by atoms with Crippen LogP contribution in [0.5, 0.6) is 0 Å². The molecule has 2 nitrogen and oxygen atoms in total. The average molecular weight is 198 g/mol. The van der Waals surface area contributed by atoms with Crippen molar-refractivity contribution >= 4 is 11.8 Å². The predicted octanol–water partition coefficient (Wildman–Crippen LogP) is 0.928. The lowest BCUT2D eigenvalue weighted by Crippen LogP contribution is -2.56. The van der Waals surface area contributed by atoms with Gasteiger partial charge in [0.05, 0.1) is 0 Å². The fourth-order valence-corrected chi connectivity index (χ4v) is 4.29. The van der Waals surface area contributed by atoms with Crippen LogP contribution >= 0.6 is 11.8 Å². The number of hydrogen-bond acceptors (Lipinski definition) is 3. The first kappa shape index (κ1) is 8.57. The van der Waals surface area contributed by atoms with Crippen molar-refractivity contribution in [3.05, 3.63) is 0 Å². The molecule has 0 spiro atoms. The quantitative estimate of drug-likeness (QED) is 0.675. The van der Waals surface area contributed by atoms with E-state index in [0.717, 1.165) is 16.5 Å². The largest absolute Gasteiger partial charge is 0.317 e. The van der Waals surface area contributed by atoms with Crippen molar-refractivity contribution < 1.29 is 0 Å². The second-order valence-corrected chi connectivity index (χ2v) is 6.16. The molecule has 0 aromatic heterocycles. The predicted molar refractivity (Wildman–Crippen MR) is 57.2 cm³/mol. The van der Waals surface area contributed by atoms with Crippen LogP contribution in [0, 0.1) is 0 Å². The minimum absolute atomic E-state index is 0.910. The zero-order valence-corrected chi connectivity index (χ0v) is 8.85. The molecule has 2 bridgehead atoms. The van der Waals surface area contributed by atoms with Crippen molar-refractivity contribution in [1.82, 2.24) is 10.2 Å². The number of piperidine rings is 2. The third kappa shape index (κ3) is 1.62. The Hall–Kier alpha value is 0.270. The normalized spacial score (nSPS) is 41.5. The van der Waals surface area contributed by atoms with E-state index in [0.29, 0.717) is 0 Å². The molecule has 0 amide bonds. The van der Waals surface area contributed by atoms with Crippen molar-refractivity contribution in [2.45, 2.75) is 35.8 Å². The van der Waals surface area contributed by atoms with Crippen LogP contribution in [0.3, 0.4) is 0 Å². The van der Waals surface area contributed by atoms with Gasteiger partial charge in [-0.2, -0.15) is 11.8 Å². The highest BCUT2D eigenvalue weighted by molar-refractivity contribution is 8.02. The summed E-state index contributed by atoms with van der Waals surface area (Å²) in [5, 5.41) is 5.43. The van der Waals surface area contributed by atoms with Gasteiger partial charge in [-0.1, -0.05) is 0 Å². The molecule has 0 radical (unpaired) electrons. The van der Waals surface area contributed by atoms with E-state index in [-0.39, 0.29) is 0 Å². The summed E-state index contributed by atoms with van der Waals surface area (Å²) in [4.78, 5) is 2.76. The van der Waals surface area contributed by atoms with E-state index >= 15 is 0 Å². The van der Waals surface area contributed by atoms with E-state index in [1.807, 2.05) is 0 Å². The van der Waals surface area contributed by atoms with Gasteiger partial charge in [0.25, 0.3) is 0 Å². The molecule has 0 aromatic rings. The van der Waals surface area contributed by atoms with E-state index < -0.39 is 0 Å². The molecule has 3 heteroatoms. The molecular weight excluding hydrogens is 180 g/mol. The highest BCUT2D eigenvalue weighted by Gasteiger charge is 2.40. The molecule has 4 fully saturated rings. The number of thioether (sulfide) groups is 1. The summed E-state index contributed by atoms with van der Waals surface area (Å²) < 4.78 is 0. The summed E-state index contributed by atoms with van der Waals surface area (Å²) in [5.74, 6) is 0. The second-order valence-electron chi connectivity index (χ2n) is 4.55. The Morgan fingerprint density at radius 1 is 1.08 bits per heavy atom. The van der Waals surface area contributed by atoms with Gasteiger partial charge < -0.3 is 5.32 Å². The zero-order chi connectivity index (χ0) is 8.67. The van der Waals surface area contributed by atoms with E-state index in [9.17, 15) is 0 Å². The Bertz CT molecular complexity index is 175. The summed E-state index contributed by atoms with van der Waals surface area (Å²) in [7, 11) is 0. The highest BCUT2D eigenvalue weighted by Crippen LogP contribution is 2.42. The van der Waals surface area contributed by atoms with Gasteiger partial charge in [0.2, 0.25) is 0 Å². The van der Waals surface area contributed by atoms with Crippen LogP contribution in [0.15, 0.2) is 0 Å². The van der Waals surface area contributed by atoms with Gasteiger partial charge in [-0.05, 0) is 32.4 Å². The Morgan fingerprint density at radius 3 is 2.31 bits per heavy atom. The molecule has 2 atom stereocenters. The molecule has 13 heavy (non-hydrogen) atoms. The van der Waals surface area contributed by atoms with Crippen LogP contribution in [0.25, 0.3) is 0 Å². The van der Waals surface area contributed by atoms with Gasteiger partial charge in [-0.25, -0.2) is 0 Å². The topological polar surface area (TPSA) is 15.3 Å². The molecular formula is C10H18N2S. The first-order valence-electron chi connectivity index (χ1n) is 5.52. The summed E-state index contributed by atoms with van der Waals surface area (Å²) in [5.41, 5.74) is 0. The van der Waals surface area contributed by atoms with Crippen LogP contribution in [-0.2, 0) is 0 Å². The third-order valence-electron chi connectivity index (χ3n) is 3.61. The molecule has 0 aliphatic carbocycles. The number of nitrogens with one attached hydrogen (secondary N) is 1. The smallest absolute Gasteiger partial charge is 0.0189 e. The number of hydrogen-bond donors (Lipinski definition) is 1. The van der Waals surface area contributed by atoms with Gasteiger partial charge in [-0.15, -0.1) is 0 Å². The first-order chi connectivity index (χ1) is 6.42. The highest BCUT2D eigenvalue weighted by atomic mass is 32.2. The fraction of sp³-hybridized carbons (Fsp3) is 1.00. The average Bonchev–Trinajstić information content (AvgIpc) is 2.18. The minimum atomic E-state index is 0.910. The first-order valence-corrected chi connectivity index (χ1v) is 6.46. The van der Waals surface area contributed by atoms with Gasteiger partial charge in [0.15, 0.2) is 0 Å². The van der Waals surface area contributed by atoms with Crippen LogP contribution in [-0.4, -0.2) is 47.6 Å². The monoisotopic (exact) mass is 198 g/mol. The molecule has 2 unspecified atom stereocenters. The SMILES string of the molecule is C1CC(N2CC3CC(C2)S3)CCN1. The number of fused-ring (bicyclic) bond motifs is 2.